The molecule has 2 aromatic rings. The Balaban J connectivity index is 0.00000242. The predicted octanol–water partition coefficient (Wildman–Crippen LogP) is 2.73. The number of aromatic nitrogens is 2. The summed E-state index contributed by atoms with van der Waals surface area (Å²) in [5, 5.41) is 4.17. The van der Waals surface area contributed by atoms with Crippen LogP contribution in [-0.2, 0) is 13.1 Å². The van der Waals surface area contributed by atoms with Gasteiger partial charge in [-0.25, -0.2) is 13.5 Å². The number of benzene rings is 1. The molecule has 0 spiro atoms. The van der Waals surface area contributed by atoms with Crippen molar-refractivity contribution in [2.75, 3.05) is 0 Å². The minimum absolute atomic E-state index is 0. The Morgan fingerprint density at radius 2 is 1.95 bits per heavy atom. The van der Waals surface area contributed by atoms with E-state index < -0.39 is 11.6 Å². The van der Waals surface area contributed by atoms with Crippen molar-refractivity contribution in [3.8, 4) is 11.3 Å². The monoisotopic (exact) mass is 329 g/mol. The van der Waals surface area contributed by atoms with E-state index in [-0.39, 0.29) is 41.7 Å². The fraction of sp³-hybridized carbons (Fsp3) is 0.333. The van der Waals surface area contributed by atoms with Crippen molar-refractivity contribution in [2.45, 2.75) is 26.9 Å². The van der Waals surface area contributed by atoms with Gasteiger partial charge in [0.25, 0.3) is 5.56 Å². The van der Waals surface area contributed by atoms with Gasteiger partial charge in [-0.05, 0) is 24.1 Å². The number of halogens is 3. The van der Waals surface area contributed by atoms with Crippen LogP contribution in [0.25, 0.3) is 11.3 Å². The van der Waals surface area contributed by atoms with Crippen LogP contribution in [0, 0.1) is 17.6 Å². The maximum atomic E-state index is 13.9. The molecule has 0 fully saturated rings. The summed E-state index contributed by atoms with van der Waals surface area (Å²) in [6.07, 6.45) is 0. The van der Waals surface area contributed by atoms with E-state index in [1.54, 1.807) is 0 Å². The van der Waals surface area contributed by atoms with Gasteiger partial charge in [-0.15, -0.1) is 12.4 Å². The summed E-state index contributed by atoms with van der Waals surface area (Å²) in [6, 6.07) is 4.70. The average molecular weight is 330 g/mol. The largest absolute Gasteiger partial charge is 0.326 e. The van der Waals surface area contributed by atoms with Crippen LogP contribution in [-0.4, -0.2) is 9.78 Å². The van der Waals surface area contributed by atoms with Crippen LogP contribution in [0.5, 0.6) is 0 Å². The molecule has 0 amide bonds. The lowest BCUT2D eigenvalue weighted by Crippen LogP contribution is -2.29. The summed E-state index contributed by atoms with van der Waals surface area (Å²) in [4.78, 5) is 12.1. The van der Waals surface area contributed by atoms with E-state index in [9.17, 15) is 13.6 Å². The summed E-state index contributed by atoms with van der Waals surface area (Å²) in [5.74, 6) is -1.18. The van der Waals surface area contributed by atoms with Gasteiger partial charge in [0.05, 0.1) is 5.69 Å². The first kappa shape index (κ1) is 18.3. The highest BCUT2D eigenvalue weighted by Gasteiger charge is 2.13. The van der Waals surface area contributed by atoms with E-state index in [2.05, 4.69) is 5.10 Å². The first-order valence-corrected chi connectivity index (χ1v) is 6.69. The molecule has 0 aliphatic heterocycles. The number of hydrogen-bond acceptors (Lipinski definition) is 3. The molecule has 0 saturated heterocycles. The van der Waals surface area contributed by atoms with E-state index in [4.69, 9.17) is 5.73 Å². The second-order valence-corrected chi connectivity index (χ2v) is 5.26. The third kappa shape index (κ3) is 3.90. The molecular formula is C15H18ClF2N3O. The Labute approximate surface area is 133 Å². The van der Waals surface area contributed by atoms with Crippen molar-refractivity contribution in [1.82, 2.24) is 9.78 Å². The molecule has 120 valence electrons. The third-order valence-electron chi connectivity index (χ3n) is 3.01. The van der Waals surface area contributed by atoms with Crippen molar-refractivity contribution < 1.29 is 8.78 Å². The minimum atomic E-state index is -0.722. The van der Waals surface area contributed by atoms with Gasteiger partial charge in [-0.2, -0.15) is 5.10 Å². The number of nitrogens with two attached hydrogens (primary N) is 1. The van der Waals surface area contributed by atoms with Crippen molar-refractivity contribution in [1.29, 1.82) is 0 Å². The second-order valence-electron chi connectivity index (χ2n) is 5.26. The van der Waals surface area contributed by atoms with Crippen molar-refractivity contribution in [3.63, 3.8) is 0 Å². The maximum Gasteiger partial charge on any atom is 0.271 e. The lowest BCUT2D eigenvalue weighted by atomic mass is 10.1. The summed E-state index contributed by atoms with van der Waals surface area (Å²) in [6.45, 7) is 4.33. The summed E-state index contributed by atoms with van der Waals surface area (Å²) < 4.78 is 28.1. The van der Waals surface area contributed by atoms with E-state index in [0.29, 0.717) is 12.1 Å². The van der Waals surface area contributed by atoms with Crippen molar-refractivity contribution in [3.05, 3.63) is 51.8 Å². The van der Waals surface area contributed by atoms with Crippen LogP contribution in [0.4, 0.5) is 8.78 Å². The zero-order chi connectivity index (χ0) is 15.6. The van der Waals surface area contributed by atoms with Gasteiger partial charge in [0.1, 0.15) is 11.6 Å². The van der Waals surface area contributed by atoms with Gasteiger partial charge < -0.3 is 5.73 Å². The number of hydrogen-bond donors (Lipinski definition) is 1. The molecule has 0 atom stereocenters. The molecule has 1 heterocycles. The average Bonchev–Trinajstić information content (AvgIpc) is 2.41. The van der Waals surface area contributed by atoms with Gasteiger partial charge in [-0.1, -0.05) is 13.8 Å². The molecule has 0 bridgehead atoms. The summed E-state index contributed by atoms with van der Waals surface area (Å²) >= 11 is 0. The molecule has 0 saturated carbocycles. The molecular weight excluding hydrogens is 312 g/mol. The molecule has 0 aliphatic carbocycles. The topological polar surface area (TPSA) is 60.9 Å². The number of nitrogens with zero attached hydrogens (tertiary/aromatic N) is 2. The second kappa shape index (κ2) is 7.47. The van der Waals surface area contributed by atoms with E-state index >= 15 is 0 Å². The van der Waals surface area contributed by atoms with Crippen molar-refractivity contribution in [2.24, 2.45) is 11.7 Å². The highest BCUT2D eigenvalue weighted by molar-refractivity contribution is 5.85. The highest BCUT2D eigenvalue weighted by atomic mass is 35.5. The Kier molecular flexibility index (Phi) is 6.20. The quantitative estimate of drug-likeness (QED) is 0.938. The molecule has 1 aromatic carbocycles. The van der Waals surface area contributed by atoms with E-state index in [1.165, 1.54) is 16.8 Å². The molecule has 1 aromatic heterocycles. The van der Waals surface area contributed by atoms with E-state index in [0.717, 1.165) is 12.1 Å². The summed E-state index contributed by atoms with van der Waals surface area (Å²) in [5.41, 5.74) is 6.05. The zero-order valence-electron chi connectivity index (χ0n) is 12.3. The predicted molar refractivity (Wildman–Crippen MR) is 83.8 cm³/mol. The van der Waals surface area contributed by atoms with Crippen molar-refractivity contribution >= 4 is 12.4 Å². The first-order valence-electron chi connectivity index (χ1n) is 6.69. The fourth-order valence-corrected chi connectivity index (χ4v) is 2.04. The lowest BCUT2D eigenvalue weighted by Gasteiger charge is -2.12. The normalized spacial score (nSPS) is 10.6. The molecule has 4 nitrogen and oxygen atoms in total. The highest BCUT2D eigenvalue weighted by Crippen LogP contribution is 2.21. The smallest absolute Gasteiger partial charge is 0.271 e. The van der Waals surface area contributed by atoms with Crippen LogP contribution >= 0.6 is 12.4 Å². The van der Waals surface area contributed by atoms with Gasteiger partial charge in [-0.3, -0.25) is 4.79 Å². The Morgan fingerprint density at radius 1 is 1.27 bits per heavy atom. The molecule has 0 unspecified atom stereocenters. The standard InChI is InChI=1S/C15H17F2N3O.ClH/c1-9(2)8-20-15(21)10(7-18)5-14(19-20)12-4-3-11(16)6-13(12)17;/h3-6,9H,7-8,18H2,1-2H3;1H. The lowest BCUT2D eigenvalue weighted by molar-refractivity contribution is 0.462. The fourth-order valence-electron chi connectivity index (χ4n) is 2.04. The third-order valence-corrected chi connectivity index (χ3v) is 3.01. The number of rotatable bonds is 4. The molecule has 22 heavy (non-hydrogen) atoms. The molecule has 7 heteroatoms. The summed E-state index contributed by atoms with van der Waals surface area (Å²) in [7, 11) is 0. The molecule has 0 radical (unpaired) electrons. The van der Waals surface area contributed by atoms with Crippen LogP contribution in [0.15, 0.2) is 29.1 Å². The Bertz CT molecular complexity index is 716. The van der Waals surface area contributed by atoms with Crippen LogP contribution in [0.2, 0.25) is 0 Å². The van der Waals surface area contributed by atoms with Crippen LogP contribution < -0.4 is 11.3 Å². The maximum absolute atomic E-state index is 13.9. The van der Waals surface area contributed by atoms with Gasteiger partial charge in [0.2, 0.25) is 0 Å². The Morgan fingerprint density at radius 3 is 2.50 bits per heavy atom. The minimum Gasteiger partial charge on any atom is -0.326 e. The molecule has 2 N–H and O–H groups in total. The van der Waals surface area contributed by atoms with Gasteiger partial charge in [0, 0.05) is 30.3 Å². The van der Waals surface area contributed by atoms with Gasteiger partial charge in [0.15, 0.2) is 0 Å². The molecule has 2 rings (SSSR count). The first-order chi connectivity index (χ1) is 9.92. The SMILES string of the molecule is CC(C)Cn1nc(-c2ccc(F)cc2F)cc(CN)c1=O.Cl. The Hall–Kier alpha value is -1.79. The van der Waals surface area contributed by atoms with Crippen LogP contribution in [0.1, 0.15) is 19.4 Å². The zero-order valence-corrected chi connectivity index (χ0v) is 13.2. The van der Waals surface area contributed by atoms with E-state index in [1.807, 2.05) is 13.8 Å². The molecule has 0 aliphatic rings. The van der Waals surface area contributed by atoms with Gasteiger partial charge >= 0.3 is 0 Å². The van der Waals surface area contributed by atoms with Crippen LogP contribution in [0.3, 0.4) is 0 Å².